The van der Waals surface area contributed by atoms with E-state index in [1.165, 1.54) is 10.4 Å². The Kier molecular flexibility index (Phi) is 3.86. The largest absolute Gasteiger partial charge is 0.302 e. The van der Waals surface area contributed by atoms with E-state index in [4.69, 9.17) is 0 Å². The van der Waals surface area contributed by atoms with E-state index in [0.29, 0.717) is 6.04 Å². The molecule has 2 aromatic rings. The van der Waals surface area contributed by atoms with E-state index < -0.39 is 0 Å². The summed E-state index contributed by atoms with van der Waals surface area (Å²) in [4.78, 5) is 9.69. The average molecular weight is 247 g/mol. The van der Waals surface area contributed by atoms with Gasteiger partial charge in [0.1, 0.15) is 5.01 Å². The van der Waals surface area contributed by atoms with Crippen LogP contribution in [0.4, 0.5) is 0 Å². The summed E-state index contributed by atoms with van der Waals surface area (Å²) < 4.78 is 0. The molecule has 0 saturated heterocycles. The maximum Gasteiger partial charge on any atom is 0.109 e. The molecule has 17 heavy (non-hydrogen) atoms. The number of hydrogen-bond donors (Lipinski definition) is 1. The number of hydrogen-bond acceptors (Lipinski definition) is 4. The molecule has 0 spiro atoms. The van der Waals surface area contributed by atoms with E-state index in [0.717, 1.165) is 5.01 Å². The second kappa shape index (κ2) is 5.38. The average Bonchev–Trinajstić information content (AvgIpc) is 2.77. The maximum absolute atomic E-state index is 4.41. The van der Waals surface area contributed by atoms with E-state index in [1.54, 1.807) is 11.3 Å². The quantitative estimate of drug-likeness (QED) is 0.901. The van der Waals surface area contributed by atoms with Gasteiger partial charge >= 0.3 is 0 Å². The first-order chi connectivity index (χ1) is 8.16. The van der Waals surface area contributed by atoms with Crippen LogP contribution in [0.2, 0.25) is 0 Å². The van der Waals surface area contributed by atoms with Crippen LogP contribution in [0, 0.1) is 6.92 Å². The second-order valence-corrected chi connectivity index (χ2v) is 5.47. The molecule has 0 bridgehead atoms. The molecule has 2 heterocycles. The summed E-state index contributed by atoms with van der Waals surface area (Å²) in [7, 11) is 0. The zero-order valence-electron chi connectivity index (χ0n) is 10.3. The van der Waals surface area contributed by atoms with Crippen LogP contribution in [0.15, 0.2) is 30.7 Å². The van der Waals surface area contributed by atoms with E-state index in [1.807, 2.05) is 30.7 Å². The Hall–Kier alpha value is -1.26. The number of aryl methyl sites for hydroxylation is 1. The SMILES string of the molecule is Cc1cnc(C(C)NC(C)c2ccncc2)s1. The molecule has 2 unspecified atom stereocenters. The summed E-state index contributed by atoms with van der Waals surface area (Å²) in [5.74, 6) is 0. The lowest BCUT2D eigenvalue weighted by Crippen LogP contribution is -2.22. The van der Waals surface area contributed by atoms with E-state index >= 15 is 0 Å². The minimum Gasteiger partial charge on any atom is -0.302 e. The number of pyridine rings is 1. The first-order valence-electron chi connectivity index (χ1n) is 5.75. The molecular formula is C13H17N3S. The number of nitrogens with zero attached hydrogens (tertiary/aromatic N) is 2. The van der Waals surface area contributed by atoms with Crippen molar-refractivity contribution in [3.8, 4) is 0 Å². The van der Waals surface area contributed by atoms with Gasteiger partial charge in [-0.05, 0) is 38.5 Å². The fourth-order valence-corrected chi connectivity index (χ4v) is 2.55. The van der Waals surface area contributed by atoms with E-state index in [2.05, 4.69) is 36.1 Å². The van der Waals surface area contributed by atoms with Crippen LogP contribution >= 0.6 is 11.3 Å². The number of nitrogens with one attached hydrogen (secondary N) is 1. The van der Waals surface area contributed by atoms with Crippen molar-refractivity contribution in [3.05, 3.63) is 46.2 Å². The maximum atomic E-state index is 4.41. The molecule has 2 aromatic heterocycles. The minimum absolute atomic E-state index is 0.275. The van der Waals surface area contributed by atoms with Gasteiger partial charge in [0.05, 0.1) is 6.04 Å². The molecule has 0 saturated carbocycles. The number of thiazole rings is 1. The lowest BCUT2D eigenvalue weighted by Gasteiger charge is -2.18. The molecular weight excluding hydrogens is 230 g/mol. The lowest BCUT2D eigenvalue weighted by molar-refractivity contribution is 0.493. The third kappa shape index (κ3) is 3.11. The fraction of sp³-hybridized carbons (Fsp3) is 0.385. The van der Waals surface area contributed by atoms with Crippen molar-refractivity contribution < 1.29 is 0 Å². The Balaban J connectivity index is 2.02. The second-order valence-electron chi connectivity index (χ2n) is 4.20. The van der Waals surface area contributed by atoms with Gasteiger partial charge < -0.3 is 5.32 Å². The third-order valence-electron chi connectivity index (χ3n) is 2.72. The van der Waals surface area contributed by atoms with Crippen LogP contribution in [0.5, 0.6) is 0 Å². The molecule has 4 heteroatoms. The summed E-state index contributed by atoms with van der Waals surface area (Å²) >= 11 is 1.75. The molecule has 0 aliphatic heterocycles. The molecule has 0 fully saturated rings. The third-order valence-corrected chi connectivity index (χ3v) is 3.81. The van der Waals surface area contributed by atoms with Crippen molar-refractivity contribution in [2.45, 2.75) is 32.9 Å². The Bertz CT molecular complexity index is 467. The van der Waals surface area contributed by atoms with Crippen LogP contribution < -0.4 is 5.32 Å². The Morgan fingerprint density at radius 2 is 1.88 bits per heavy atom. The van der Waals surface area contributed by atoms with E-state index in [-0.39, 0.29) is 6.04 Å². The number of rotatable bonds is 4. The molecule has 3 nitrogen and oxygen atoms in total. The van der Waals surface area contributed by atoms with Crippen molar-refractivity contribution in [1.82, 2.24) is 15.3 Å². The van der Waals surface area contributed by atoms with Crippen LogP contribution in [-0.4, -0.2) is 9.97 Å². The van der Waals surface area contributed by atoms with Crippen LogP contribution in [-0.2, 0) is 0 Å². The standard InChI is InChI=1S/C13H17N3S/c1-9-8-15-13(17-9)11(3)16-10(2)12-4-6-14-7-5-12/h4-8,10-11,16H,1-3H3. The summed E-state index contributed by atoms with van der Waals surface area (Å²) in [6, 6.07) is 4.66. The van der Waals surface area contributed by atoms with Crippen molar-refractivity contribution in [1.29, 1.82) is 0 Å². The molecule has 2 atom stereocenters. The molecule has 0 aliphatic rings. The van der Waals surface area contributed by atoms with E-state index in [9.17, 15) is 0 Å². The molecule has 2 rings (SSSR count). The van der Waals surface area contributed by atoms with Gasteiger partial charge in [-0.3, -0.25) is 4.98 Å². The zero-order chi connectivity index (χ0) is 12.3. The Morgan fingerprint density at radius 1 is 1.18 bits per heavy atom. The first-order valence-corrected chi connectivity index (χ1v) is 6.57. The highest BCUT2D eigenvalue weighted by atomic mass is 32.1. The summed E-state index contributed by atoms with van der Waals surface area (Å²) in [5.41, 5.74) is 1.25. The highest BCUT2D eigenvalue weighted by Crippen LogP contribution is 2.22. The molecule has 90 valence electrons. The summed E-state index contributed by atoms with van der Waals surface area (Å²) in [6.07, 6.45) is 5.58. The Morgan fingerprint density at radius 3 is 2.47 bits per heavy atom. The lowest BCUT2D eigenvalue weighted by atomic mass is 10.1. The van der Waals surface area contributed by atoms with Crippen molar-refractivity contribution in [3.63, 3.8) is 0 Å². The van der Waals surface area contributed by atoms with Gasteiger partial charge in [0, 0.05) is 29.5 Å². The summed E-state index contributed by atoms with van der Waals surface area (Å²) in [5, 5.41) is 4.69. The fourth-order valence-electron chi connectivity index (χ4n) is 1.77. The van der Waals surface area contributed by atoms with Gasteiger partial charge in [-0.1, -0.05) is 0 Å². The summed E-state index contributed by atoms with van der Waals surface area (Å²) in [6.45, 7) is 6.39. The van der Waals surface area contributed by atoms with Gasteiger partial charge in [0.25, 0.3) is 0 Å². The Labute approximate surface area is 106 Å². The normalized spacial score (nSPS) is 14.5. The highest BCUT2D eigenvalue weighted by Gasteiger charge is 2.13. The van der Waals surface area contributed by atoms with Gasteiger partial charge in [0.15, 0.2) is 0 Å². The molecule has 0 radical (unpaired) electrons. The van der Waals surface area contributed by atoms with Crippen molar-refractivity contribution >= 4 is 11.3 Å². The molecule has 1 N–H and O–H groups in total. The smallest absolute Gasteiger partial charge is 0.109 e. The highest BCUT2D eigenvalue weighted by molar-refractivity contribution is 7.11. The van der Waals surface area contributed by atoms with Crippen molar-refractivity contribution in [2.75, 3.05) is 0 Å². The number of aromatic nitrogens is 2. The van der Waals surface area contributed by atoms with Gasteiger partial charge in [0.2, 0.25) is 0 Å². The van der Waals surface area contributed by atoms with Crippen molar-refractivity contribution in [2.24, 2.45) is 0 Å². The first kappa shape index (κ1) is 12.2. The van der Waals surface area contributed by atoms with Crippen LogP contribution in [0.25, 0.3) is 0 Å². The molecule has 0 aliphatic carbocycles. The predicted octanol–water partition coefficient (Wildman–Crippen LogP) is 3.26. The van der Waals surface area contributed by atoms with Gasteiger partial charge in [-0.2, -0.15) is 0 Å². The zero-order valence-corrected chi connectivity index (χ0v) is 11.2. The van der Waals surface area contributed by atoms with Crippen LogP contribution in [0.1, 0.15) is 41.4 Å². The minimum atomic E-state index is 0.275. The van der Waals surface area contributed by atoms with Gasteiger partial charge in [-0.25, -0.2) is 4.98 Å². The topological polar surface area (TPSA) is 37.8 Å². The molecule has 0 aromatic carbocycles. The monoisotopic (exact) mass is 247 g/mol. The van der Waals surface area contributed by atoms with Crippen LogP contribution in [0.3, 0.4) is 0 Å². The molecule has 0 amide bonds. The van der Waals surface area contributed by atoms with Gasteiger partial charge in [-0.15, -0.1) is 11.3 Å². The predicted molar refractivity (Wildman–Crippen MR) is 71.1 cm³/mol.